The van der Waals surface area contributed by atoms with Crippen LogP contribution in [0.4, 0.5) is 0 Å². The Balaban J connectivity index is 1.73. The topological polar surface area (TPSA) is 91.9 Å². The Morgan fingerprint density at radius 1 is 1.04 bits per heavy atom. The van der Waals surface area contributed by atoms with E-state index in [1.54, 1.807) is 36.4 Å². The van der Waals surface area contributed by atoms with E-state index in [0.717, 1.165) is 0 Å². The molecule has 3 rings (SSSR count). The fraction of sp³-hybridized carbons (Fsp3) is 0. The lowest BCUT2D eigenvalue weighted by Gasteiger charge is -2.02. The largest absolute Gasteiger partial charge is 0.478 e. The molecule has 2 aromatic carbocycles. The summed E-state index contributed by atoms with van der Waals surface area (Å²) < 4.78 is 5.58. The molecule has 8 heteroatoms. The maximum atomic E-state index is 12.1. The van der Waals surface area contributed by atoms with Crippen molar-refractivity contribution in [1.29, 1.82) is 0 Å². The normalized spacial score (nSPS) is 10.9. The monoisotopic (exact) mass is 402 g/mol. The summed E-state index contributed by atoms with van der Waals surface area (Å²) in [6.07, 6.45) is 1.30. The minimum atomic E-state index is -1.05. The van der Waals surface area contributed by atoms with Crippen molar-refractivity contribution in [3.05, 3.63) is 81.5 Å². The number of carboxylic acid groups (broad SMARTS) is 1. The van der Waals surface area contributed by atoms with Crippen LogP contribution < -0.4 is 5.43 Å². The number of carboxylic acids is 1. The third kappa shape index (κ3) is 4.36. The van der Waals surface area contributed by atoms with Crippen LogP contribution in [0.25, 0.3) is 11.3 Å². The standard InChI is InChI=1S/C19H12Cl2N2O4/c20-11-5-7-15(16(21)9-11)18(24)23-22-10-12-6-8-17(27-12)13-3-1-2-4-14(13)19(25)26/h1-10H,(H,23,24)(H,25,26)/b22-10+. The van der Waals surface area contributed by atoms with Crippen molar-refractivity contribution in [2.45, 2.75) is 0 Å². The number of hydrogen-bond acceptors (Lipinski definition) is 4. The summed E-state index contributed by atoms with van der Waals surface area (Å²) in [5, 5.41) is 13.7. The van der Waals surface area contributed by atoms with Crippen molar-refractivity contribution in [2.24, 2.45) is 5.10 Å². The molecule has 0 spiro atoms. The SMILES string of the molecule is O=C(N/N=C/c1ccc(-c2ccccc2C(=O)O)o1)c1ccc(Cl)cc1Cl. The zero-order valence-corrected chi connectivity index (χ0v) is 15.2. The number of benzene rings is 2. The summed E-state index contributed by atoms with van der Waals surface area (Å²) in [6, 6.07) is 14.2. The van der Waals surface area contributed by atoms with E-state index < -0.39 is 11.9 Å². The number of furan rings is 1. The highest BCUT2D eigenvalue weighted by Crippen LogP contribution is 2.25. The predicted molar refractivity (Wildman–Crippen MR) is 103 cm³/mol. The number of aromatic carboxylic acids is 1. The van der Waals surface area contributed by atoms with E-state index >= 15 is 0 Å². The second-order valence-corrected chi connectivity index (χ2v) is 6.22. The van der Waals surface area contributed by atoms with Gasteiger partial charge in [-0.15, -0.1) is 0 Å². The second-order valence-electron chi connectivity index (χ2n) is 5.38. The molecule has 0 saturated heterocycles. The lowest BCUT2D eigenvalue weighted by molar-refractivity contribution is 0.0697. The van der Waals surface area contributed by atoms with Crippen molar-refractivity contribution in [3.8, 4) is 11.3 Å². The highest BCUT2D eigenvalue weighted by Gasteiger charge is 2.14. The minimum Gasteiger partial charge on any atom is -0.478 e. The van der Waals surface area contributed by atoms with Gasteiger partial charge in [0.2, 0.25) is 0 Å². The number of carbonyl (C=O) groups excluding carboxylic acids is 1. The molecular formula is C19H12Cl2N2O4. The third-order valence-electron chi connectivity index (χ3n) is 3.58. The molecule has 1 heterocycles. The van der Waals surface area contributed by atoms with E-state index in [1.807, 2.05) is 0 Å². The van der Waals surface area contributed by atoms with E-state index in [1.165, 1.54) is 24.4 Å². The Morgan fingerprint density at radius 3 is 2.56 bits per heavy atom. The minimum absolute atomic E-state index is 0.126. The van der Waals surface area contributed by atoms with E-state index in [4.69, 9.17) is 27.6 Å². The molecule has 0 aliphatic heterocycles. The van der Waals surface area contributed by atoms with Gasteiger partial charge in [-0.1, -0.05) is 41.4 Å². The molecule has 0 unspecified atom stereocenters. The molecule has 0 atom stereocenters. The molecule has 136 valence electrons. The average molecular weight is 403 g/mol. The van der Waals surface area contributed by atoms with E-state index in [-0.39, 0.29) is 16.1 Å². The maximum Gasteiger partial charge on any atom is 0.336 e. The molecule has 1 amide bonds. The lowest BCUT2D eigenvalue weighted by Crippen LogP contribution is -2.17. The molecule has 0 radical (unpaired) electrons. The zero-order chi connectivity index (χ0) is 19.4. The number of hydrazone groups is 1. The van der Waals surface area contributed by atoms with Crippen molar-refractivity contribution in [2.75, 3.05) is 0 Å². The molecule has 1 aromatic heterocycles. The first-order valence-electron chi connectivity index (χ1n) is 7.66. The molecule has 2 N–H and O–H groups in total. The molecule has 3 aromatic rings. The molecule has 6 nitrogen and oxygen atoms in total. The first-order valence-corrected chi connectivity index (χ1v) is 8.42. The Hall–Kier alpha value is -3.09. The summed E-state index contributed by atoms with van der Waals surface area (Å²) >= 11 is 11.8. The van der Waals surface area contributed by atoms with Gasteiger partial charge in [0.05, 0.1) is 22.4 Å². The summed E-state index contributed by atoms with van der Waals surface area (Å²) in [5.74, 6) is -0.838. The summed E-state index contributed by atoms with van der Waals surface area (Å²) in [4.78, 5) is 23.4. The van der Waals surface area contributed by atoms with Crippen LogP contribution in [0.3, 0.4) is 0 Å². The van der Waals surface area contributed by atoms with Gasteiger partial charge in [-0.2, -0.15) is 5.10 Å². The van der Waals surface area contributed by atoms with Gasteiger partial charge >= 0.3 is 5.97 Å². The first-order chi connectivity index (χ1) is 13.0. The molecule has 0 aliphatic rings. The summed E-state index contributed by atoms with van der Waals surface area (Å²) in [5.41, 5.74) is 3.14. The van der Waals surface area contributed by atoms with Gasteiger partial charge in [-0.05, 0) is 36.4 Å². The van der Waals surface area contributed by atoms with Crippen LogP contribution in [0, 0.1) is 0 Å². The molecular weight excluding hydrogens is 391 g/mol. The Labute approximate surface area is 164 Å². The number of halogens is 2. The number of rotatable bonds is 5. The predicted octanol–water partition coefficient (Wildman–Crippen LogP) is 4.72. The first kappa shape index (κ1) is 18.7. The molecule has 0 fully saturated rings. The molecule has 0 bridgehead atoms. The van der Waals surface area contributed by atoms with Crippen molar-refractivity contribution < 1.29 is 19.1 Å². The Kier molecular flexibility index (Phi) is 5.59. The fourth-order valence-electron chi connectivity index (χ4n) is 2.34. The van der Waals surface area contributed by atoms with Crippen LogP contribution in [0.5, 0.6) is 0 Å². The summed E-state index contributed by atoms with van der Waals surface area (Å²) in [6.45, 7) is 0. The average Bonchev–Trinajstić information content (AvgIpc) is 3.10. The number of amides is 1. The van der Waals surface area contributed by atoms with E-state index in [0.29, 0.717) is 22.1 Å². The number of nitrogens with zero attached hydrogens (tertiary/aromatic N) is 1. The van der Waals surface area contributed by atoms with Gasteiger partial charge in [0.1, 0.15) is 11.5 Å². The van der Waals surface area contributed by atoms with Gasteiger partial charge in [-0.25, -0.2) is 10.2 Å². The van der Waals surface area contributed by atoms with E-state index in [9.17, 15) is 14.7 Å². The highest BCUT2D eigenvalue weighted by atomic mass is 35.5. The molecule has 0 saturated carbocycles. The fourth-order valence-corrected chi connectivity index (χ4v) is 2.83. The second kappa shape index (κ2) is 8.07. The Morgan fingerprint density at radius 2 is 1.81 bits per heavy atom. The number of carbonyl (C=O) groups is 2. The van der Waals surface area contributed by atoms with Gasteiger partial charge < -0.3 is 9.52 Å². The van der Waals surface area contributed by atoms with E-state index in [2.05, 4.69) is 10.5 Å². The van der Waals surface area contributed by atoms with Gasteiger partial charge in [0.25, 0.3) is 5.91 Å². The Bertz CT molecular complexity index is 1040. The quantitative estimate of drug-likeness (QED) is 0.477. The van der Waals surface area contributed by atoms with Crippen molar-refractivity contribution in [3.63, 3.8) is 0 Å². The third-order valence-corrected chi connectivity index (χ3v) is 4.13. The number of hydrogen-bond donors (Lipinski definition) is 2. The van der Waals surface area contributed by atoms with Gasteiger partial charge in [0.15, 0.2) is 0 Å². The van der Waals surface area contributed by atoms with Crippen LogP contribution in [0.2, 0.25) is 10.0 Å². The molecule has 27 heavy (non-hydrogen) atoms. The molecule has 0 aliphatic carbocycles. The van der Waals surface area contributed by atoms with Crippen LogP contribution in [0.1, 0.15) is 26.5 Å². The zero-order valence-electron chi connectivity index (χ0n) is 13.6. The van der Waals surface area contributed by atoms with Crippen LogP contribution >= 0.6 is 23.2 Å². The van der Waals surface area contributed by atoms with Gasteiger partial charge in [-0.3, -0.25) is 4.79 Å². The highest BCUT2D eigenvalue weighted by molar-refractivity contribution is 6.36. The van der Waals surface area contributed by atoms with Crippen LogP contribution in [-0.4, -0.2) is 23.2 Å². The van der Waals surface area contributed by atoms with Crippen molar-refractivity contribution >= 4 is 41.3 Å². The maximum absolute atomic E-state index is 12.1. The van der Waals surface area contributed by atoms with Crippen LogP contribution in [-0.2, 0) is 0 Å². The van der Waals surface area contributed by atoms with Crippen LogP contribution in [0.15, 0.2) is 64.1 Å². The van der Waals surface area contributed by atoms with Gasteiger partial charge in [0, 0.05) is 10.6 Å². The smallest absolute Gasteiger partial charge is 0.336 e. The lowest BCUT2D eigenvalue weighted by atomic mass is 10.1. The summed E-state index contributed by atoms with van der Waals surface area (Å²) in [7, 11) is 0. The van der Waals surface area contributed by atoms with Crippen molar-refractivity contribution in [1.82, 2.24) is 5.43 Å². The number of nitrogens with one attached hydrogen (secondary N) is 1.